The Balaban J connectivity index is 2.74. The third kappa shape index (κ3) is 3.42. The van der Waals surface area contributed by atoms with Gasteiger partial charge in [-0.3, -0.25) is 0 Å². The summed E-state index contributed by atoms with van der Waals surface area (Å²) in [6.07, 6.45) is 1.14. The molecule has 0 saturated heterocycles. The van der Waals surface area contributed by atoms with Crippen LogP contribution in [0.3, 0.4) is 0 Å². The lowest BCUT2D eigenvalue weighted by Gasteiger charge is -2.15. The summed E-state index contributed by atoms with van der Waals surface area (Å²) in [6, 6.07) is 6.09. The first-order chi connectivity index (χ1) is 7.19. The molecule has 2 heteroatoms. The van der Waals surface area contributed by atoms with Crippen molar-refractivity contribution < 1.29 is 4.74 Å². The molecule has 0 heterocycles. The van der Waals surface area contributed by atoms with E-state index in [0.717, 1.165) is 29.9 Å². The number of hydrogen-bond donors (Lipinski definition) is 0. The average molecular weight is 227 g/mol. The van der Waals surface area contributed by atoms with E-state index < -0.39 is 0 Å². The van der Waals surface area contributed by atoms with E-state index in [-0.39, 0.29) is 0 Å². The van der Waals surface area contributed by atoms with Crippen LogP contribution in [0.25, 0.3) is 0 Å². The number of aryl methyl sites for hydroxylation is 1. The lowest BCUT2D eigenvalue weighted by Crippen LogP contribution is -2.09. The van der Waals surface area contributed by atoms with Gasteiger partial charge in [-0.15, -0.1) is 11.6 Å². The maximum Gasteiger partial charge on any atom is 0.126 e. The first-order valence-corrected chi connectivity index (χ1v) is 5.99. The minimum absolute atomic E-state index is 0.511. The van der Waals surface area contributed by atoms with E-state index in [0.29, 0.717) is 11.8 Å². The van der Waals surface area contributed by atoms with Crippen molar-refractivity contribution in [2.75, 3.05) is 6.61 Å². The Hall–Kier alpha value is -0.690. The van der Waals surface area contributed by atoms with E-state index in [1.165, 1.54) is 0 Å². The van der Waals surface area contributed by atoms with Crippen LogP contribution >= 0.6 is 11.6 Å². The maximum absolute atomic E-state index is 5.87. The van der Waals surface area contributed by atoms with Crippen LogP contribution in [0.1, 0.15) is 31.4 Å². The number of alkyl halides is 1. The van der Waals surface area contributed by atoms with Crippen LogP contribution in [0.15, 0.2) is 18.2 Å². The Labute approximate surface area is 97.4 Å². The largest absolute Gasteiger partial charge is 0.493 e. The molecule has 0 radical (unpaired) electrons. The van der Waals surface area contributed by atoms with Gasteiger partial charge in [0.05, 0.1) is 12.5 Å². The number of hydrogen-bond acceptors (Lipinski definition) is 1. The van der Waals surface area contributed by atoms with Gasteiger partial charge in [-0.2, -0.15) is 0 Å². The van der Waals surface area contributed by atoms with Crippen LogP contribution in [0.5, 0.6) is 5.75 Å². The third-order valence-electron chi connectivity index (χ3n) is 2.65. The molecule has 0 spiro atoms. The predicted octanol–water partition coefficient (Wildman–Crippen LogP) is 4.16. The molecule has 1 aromatic rings. The van der Waals surface area contributed by atoms with Crippen LogP contribution in [0, 0.1) is 12.8 Å². The Morgan fingerprint density at radius 2 is 2.13 bits per heavy atom. The van der Waals surface area contributed by atoms with E-state index in [1.807, 2.05) is 12.1 Å². The number of halogens is 1. The highest BCUT2D eigenvalue weighted by Gasteiger charge is 2.07. The molecule has 0 saturated carbocycles. The summed E-state index contributed by atoms with van der Waals surface area (Å²) in [5.74, 6) is 2.07. The highest BCUT2D eigenvalue weighted by molar-refractivity contribution is 6.17. The van der Waals surface area contributed by atoms with E-state index in [2.05, 4.69) is 26.8 Å². The first-order valence-electron chi connectivity index (χ1n) is 5.46. The zero-order valence-electron chi connectivity index (χ0n) is 9.72. The molecule has 84 valence electrons. The molecule has 0 N–H and O–H groups in total. The van der Waals surface area contributed by atoms with E-state index in [9.17, 15) is 0 Å². The van der Waals surface area contributed by atoms with Crippen molar-refractivity contribution in [3.8, 4) is 5.75 Å². The summed E-state index contributed by atoms with van der Waals surface area (Å²) < 4.78 is 5.83. The Bertz CT molecular complexity index is 309. The third-order valence-corrected chi connectivity index (χ3v) is 2.93. The molecule has 15 heavy (non-hydrogen) atoms. The van der Waals surface area contributed by atoms with Gasteiger partial charge >= 0.3 is 0 Å². The molecule has 0 bridgehead atoms. The van der Waals surface area contributed by atoms with Crippen molar-refractivity contribution in [3.63, 3.8) is 0 Å². The molecule has 1 unspecified atom stereocenters. The molecule has 1 atom stereocenters. The van der Waals surface area contributed by atoms with Gasteiger partial charge in [0.25, 0.3) is 0 Å². The maximum atomic E-state index is 5.87. The van der Waals surface area contributed by atoms with Gasteiger partial charge in [-0.25, -0.2) is 0 Å². The minimum atomic E-state index is 0.511. The van der Waals surface area contributed by atoms with Crippen LogP contribution < -0.4 is 4.74 Å². The molecule has 1 rings (SSSR count). The molecule has 0 aliphatic rings. The fraction of sp³-hybridized carbons (Fsp3) is 0.538. The molecular weight excluding hydrogens is 208 g/mol. The second kappa shape index (κ2) is 6.02. The first kappa shape index (κ1) is 12.4. The molecule has 0 aromatic heterocycles. The smallest absolute Gasteiger partial charge is 0.126 e. The quantitative estimate of drug-likeness (QED) is 0.686. The molecule has 0 aliphatic carbocycles. The summed E-state index contributed by atoms with van der Waals surface area (Å²) in [4.78, 5) is 0. The minimum Gasteiger partial charge on any atom is -0.493 e. The van der Waals surface area contributed by atoms with Crippen molar-refractivity contribution in [3.05, 3.63) is 29.3 Å². The van der Waals surface area contributed by atoms with Crippen molar-refractivity contribution in [1.29, 1.82) is 0 Å². The standard InChI is InChI=1S/C13H19ClO/c1-4-10(2)9-15-13-11(3)6-5-7-12(13)8-14/h5-7,10H,4,8-9H2,1-3H3. The van der Waals surface area contributed by atoms with Crippen molar-refractivity contribution in [1.82, 2.24) is 0 Å². The highest BCUT2D eigenvalue weighted by atomic mass is 35.5. The number of para-hydroxylation sites is 1. The lowest BCUT2D eigenvalue weighted by atomic mass is 10.1. The van der Waals surface area contributed by atoms with Gasteiger partial charge in [0.2, 0.25) is 0 Å². The van der Waals surface area contributed by atoms with Crippen LogP contribution in [-0.2, 0) is 5.88 Å². The monoisotopic (exact) mass is 226 g/mol. The van der Waals surface area contributed by atoms with Crippen LogP contribution in [0.2, 0.25) is 0 Å². The Morgan fingerprint density at radius 1 is 1.40 bits per heavy atom. The second-order valence-electron chi connectivity index (χ2n) is 4.02. The topological polar surface area (TPSA) is 9.23 Å². The van der Waals surface area contributed by atoms with Gasteiger partial charge in [-0.05, 0) is 18.4 Å². The summed E-state index contributed by atoms with van der Waals surface area (Å²) >= 11 is 5.87. The fourth-order valence-electron chi connectivity index (χ4n) is 1.37. The van der Waals surface area contributed by atoms with Crippen molar-refractivity contribution in [2.24, 2.45) is 5.92 Å². The zero-order chi connectivity index (χ0) is 11.3. The van der Waals surface area contributed by atoms with Gasteiger partial charge in [0, 0.05) is 5.56 Å². The van der Waals surface area contributed by atoms with Crippen molar-refractivity contribution in [2.45, 2.75) is 33.1 Å². The summed E-state index contributed by atoms with van der Waals surface area (Å²) in [5.41, 5.74) is 2.25. The number of rotatable bonds is 5. The Kier molecular flexibility index (Phi) is 4.97. The van der Waals surface area contributed by atoms with Crippen LogP contribution in [-0.4, -0.2) is 6.61 Å². The summed E-state index contributed by atoms with van der Waals surface area (Å²) in [6.45, 7) is 7.19. The molecular formula is C13H19ClO. The fourth-order valence-corrected chi connectivity index (χ4v) is 1.58. The van der Waals surface area contributed by atoms with Gasteiger partial charge in [0.15, 0.2) is 0 Å². The number of ether oxygens (including phenoxy) is 1. The number of benzene rings is 1. The normalized spacial score (nSPS) is 12.5. The van der Waals surface area contributed by atoms with Crippen LogP contribution in [0.4, 0.5) is 0 Å². The summed E-state index contributed by atoms with van der Waals surface area (Å²) in [5, 5.41) is 0. The SMILES string of the molecule is CCC(C)COc1c(C)cccc1CCl. The van der Waals surface area contributed by atoms with E-state index in [1.54, 1.807) is 0 Å². The molecule has 0 amide bonds. The molecule has 0 fully saturated rings. The van der Waals surface area contributed by atoms with Gasteiger partial charge in [0.1, 0.15) is 5.75 Å². The van der Waals surface area contributed by atoms with Gasteiger partial charge in [-0.1, -0.05) is 38.5 Å². The average Bonchev–Trinajstić information content (AvgIpc) is 2.26. The van der Waals surface area contributed by atoms with E-state index >= 15 is 0 Å². The zero-order valence-corrected chi connectivity index (χ0v) is 10.5. The van der Waals surface area contributed by atoms with Gasteiger partial charge < -0.3 is 4.74 Å². The molecule has 1 aromatic carbocycles. The predicted molar refractivity (Wildman–Crippen MR) is 65.7 cm³/mol. The molecule has 0 aliphatic heterocycles. The Morgan fingerprint density at radius 3 is 2.73 bits per heavy atom. The van der Waals surface area contributed by atoms with Crippen molar-refractivity contribution >= 4 is 11.6 Å². The highest BCUT2D eigenvalue weighted by Crippen LogP contribution is 2.25. The molecule has 1 nitrogen and oxygen atoms in total. The second-order valence-corrected chi connectivity index (χ2v) is 4.29. The van der Waals surface area contributed by atoms with E-state index in [4.69, 9.17) is 16.3 Å². The lowest BCUT2D eigenvalue weighted by molar-refractivity contribution is 0.253. The summed E-state index contributed by atoms with van der Waals surface area (Å²) in [7, 11) is 0.